The van der Waals surface area contributed by atoms with Crippen LogP contribution in [0.2, 0.25) is 0 Å². The summed E-state index contributed by atoms with van der Waals surface area (Å²) in [6, 6.07) is 0.610. The summed E-state index contributed by atoms with van der Waals surface area (Å²) in [5, 5.41) is 11.0. The Morgan fingerprint density at radius 1 is 1.38 bits per heavy atom. The number of aryl methyl sites for hydroxylation is 1. The first-order chi connectivity index (χ1) is 7.59. The van der Waals surface area contributed by atoms with Crippen molar-refractivity contribution in [2.45, 2.75) is 39.8 Å². The Labute approximate surface area is 97.2 Å². The fraction of sp³-hybridized carbons (Fsp3) is 0.818. The van der Waals surface area contributed by atoms with Crippen LogP contribution in [0.4, 0.5) is 0 Å². The molecule has 1 aromatic heterocycles. The molecule has 0 saturated carbocycles. The van der Waals surface area contributed by atoms with Gasteiger partial charge in [0.25, 0.3) is 0 Å². The number of nitrogens with one attached hydrogen (secondary N) is 1. The Bertz CT molecular complexity index is 298. The van der Waals surface area contributed by atoms with Gasteiger partial charge in [-0.25, -0.2) is 0 Å². The van der Waals surface area contributed by atoms with Gasteiger partial charge in [-0.15, -0.1) is 10.2 Å². The fourth-order valence-electron chi connectivity index (χ4n) is 1.32. The molecule has 16 heavy (non-hydrogen) atoms. The van der Waals surface area contributed by atoms with Crippen LogP contribution in [0, 0.1) is 6.92 Å². The first-order valence-corrected chi connectivity index (χ1v) is 5.79. The van der Waals surface area contributed by atoms with Crippen LogP contribution >= 0.6 is 0 Å². The third kappa shape index (κ3) is 4.72. The number of rotatable bonds is 7. The molecule has 0 aliphatic carbocycles. The molecule has 1 rings (SSSR count). The maximum Gasteiger partial charge on any atom is 0.230 e. The van der Waals surface area contributed by atoms with Crippen molar-refractivity contribution in [3.05, 3.63) is 11.8 Å². The second-order valence-electron chi connectivity index (χ2n) is 4.32. The van der Waals surface area contributed by atoms with E-state index in [9.17, 15) is 0 Å². The summed E-state index contributed by atoms with van der Waals surface area (Å²) < 4.78 is 5.25. The van der Waals surface area contributed by atoms with Gasteiger partial charge in [-0.3, -0.25) is 0 Å². The van der Waals surface area contributed by atoms with E-state index < -0.39 is 0 Å². The third-order valence-corrected chi connectivity index (χ3v) is 2.59. The first-order valence-electron chi connectivity index (χ1n) is 5.79. The van der Waals surface area contributed by atoms with Crippen LogP contribution in [0.3, 0.4) is 0 Å². The molecule has 0 fully saturated rings. The second-order valence-corrected chi connectivity index (χ2v) is 4.32. The zero-order chi connectivity index (χ0) is 12.0. The molecule has 0 saturated heterocycles. The van der Waals surface area contributed by atoms with Gasteiger partial charge in [-0.1, -0.05) is 0 Å². The molecule has 0 spiro atoms. The zero-order valence-electron chi connectivity index (χ0n) is 10.7. The van der Waals surface area contributed by atoms with Crippen LogP contribution in [-0.2, 0) is 6.54 Å². The normalized spacial score (nSPS) is 11.6. The van der Waals surface area contributed by atoms with Crippen molar-refractivity contribution in [2.24, 2.45) is 0 Å². The summed E-state index contributed by atoms with van der Waals surface area (Å²) in [5.74, 6) is 1.28. The van der Waals surface area contributed by atoms with E-state index in [0.29, 0.717) is 24.4 Å². The Kier molecular flexibility index (Phi) is 5.42. The lowest BCUT2D eigenvalue weighted by Gasteiger charge is -2.20. The van der Waals surface area contributed by atoms with E-state index in [2.05, 4.69) is 41.3 Å². The van der Waals surface area contributed by atoms with Crippen molar-refractivity contribution < 1.29 is 4.42 Å². The third-order valence-electron chi connectivity index (χ3n) is 2.59. The SMILES string of the molecule is Cc1nnc(CNCCCN(C)C(C)C)o1. The minimum Gasteiger partial charge on any atom is -0.424 e. The molecule has 0 unspecified atom stereocenters. The van der Waals surface area contributed by atoms with Crippen molar-refractivity contribution >= 4 is 0 Å². The van der Waals surface area contributed by atoms with E-state index >= 15 is 0 Å². The van der Waals surface area contributed by atoms with Gasteiger partial charge >= 0.3 is 0 Å². The quantitative estimate of drug-likeness (QED) is 0.708. The number of nitrogens with zero attached hydrogens (tertiary/aromatic N) is 3. The minimum atomic E-state index is 0.610. The molecule has 0 aliphatic rings. The Morgan fingerprint density at radius 2 is 2.12 bits per heavy atom. The average Bonchev–Trinajstić information content (AvgIpc) is 2.63. The molecule has 0 aromatic carbocycles. The molecule has 5 heteroatoms. The van der Waals surface area contributed by atoms with Crippen molar-refractivity contribution in [3.8, 4) is 0 Å². The highest BCUT2D eigenvalue weighted by atomic mass is 16.4. The molecule has 0 atom stereocenters. The Balaban J connectivity index is 2.04. The summed E-state index contributed by atoms with van der Waals surface area (Å²) >= 11 is 0. The molecule has 1 aromatic rings. The zero-order valence-corrected chi connectivity index (χ0v) is 10.7. The van der Waals surface area contributed by atoms with E-state index in [0.717, 1.165) is 19.5 Å². The minimum absolute atomic E-state index is 0.610. The second kappa shape index (κ2) is 6.60. The molecule has 0 aliphatic heterocycles. The highest BCUT2D eigenvalue weighted by Gasteiger charge is 2.03. The molecular formula is C11H22N4O. The van der Waals surface area contributed by atoms with E-state index in [1.165, 1.54) is 0 Å². The van der Waals surface area contributed by atoms with Gasteiger partial charge < -0.3 is 14.6 Å². The number of hydrogen-bond donors (Lipinski definition) is 1. The first kappa shape index (κ1) is 13.1. The molecule has 0 radical (unpaired) electrons. The Morgan fingerprint density at radius 3 is 2.69 bits per heavy atom. The van der Waals surface area contributed by atoms with Crippen molar-refractivity contribution in [1.29, 1.82) is 0 Å². The van der Waals surface area contributed by atoms with Crippen LogP contribution in [0.15, 0.2) is 4.42 Å². The Hall–Kier alpha value is -0.940. The lowest BCUT2D eigenvalue weighted by molar-refractivity contribution is 0.268. The molecular weight excluding hydrogens is 204 g/mol. The fourth-order valence-corrected chi connectivity index (χ4v) is 1.32. The van der Waals surface area contributed by atoms with Crippen LogP contribution in [0.1, 0.15) is 32.0 Å². The summed E-state index contributed by atoms with van der Waals surface area (Å²) in [4.78, 5) is 2.33. The highest BCUT2D eigenvalue weighted by molar-refractivity contribution is 4.77. The molecule has 1 N–H and O–H groups in total. The van der Waals surface area contributed by atoms with Crippen molar-refractivity contribution in [2.75, 3.05) is 20.1 Å². The molecule has 0 amide bonds. The van der Waals surface area contributed by atoms with Gasteiger partial charge in [-0.05, 0) is 40.4 Å². The van der Waals surface area contributed by atoms with E-state index in [1.54, 1.807) is 6.92 Å². The van der Waals surface area contributed by atoms with Gasteiger partial charge in [0.05, 0.1) is 6.54 Å². The van der Waals surface area contributed by atoms with Crippen LogP contribution < -0.4 is 5.32 Å². The smallest absolute Gasteiger partial charge is 0.230 e. The lowest BCUT2D eigenvalue weighted by Crippen LogP contribution is -2.29. The maximum atomic E-state index is 5.25. The predicted molar refractivity (Wildman–Crippen MR) is 63.1 cm³/mol. The van der Waals surface area contributed by atoms with Crippen molar-refractivity contribution in [3.63, 3.8) is 0 Å². The monoisotopic (exact) mass is 226 g/mol. The van der Waals surface area contributed by atoms with Crippen LogP contribution in [0.5, 0.6) is 0 Å². The van der Waals surface area contributed by atoms with Crippen LogP contribution in [0.25, 0.3) is 0 Å². The number of hydrogen-bond acceptors (Lipinski definition) is 5. The van der Waals surface area contributed by atoms with Gasteiger partial charge in [0.15, 0.2) is 0 Å². The van der Waals surface area contributed by atoms with Gasteiger partial charge in [0.2, 0.25) is 11.8 Å². The van der Waals surface area contributed by atoms with E-state index in [-0.39, 0.29) is 0 Å². The summed E-state index contributed by atoms with van der Waals surface area (Å²) in [6.45, 7) is 8.94. The van der Waals surface area contributed by atoms with E-state index in [4.69, 9.17) is 4.42 Å². The highest BCUT2D eigenvalue weighted by Crippen LogP contribution is 1.97. The molecule has 0 bridgehead atoms. The molecule has 5 nitrogen and oxygen atoms in total. The van der Waals surface area contributed by atoms with E-state index in [1.807, 2.05) is 0 Å². The van der Waals surface area contributed by atoms with Crippen LogP contribution in [-0.4, -0.2) is 41.3 Å². The average molecular weight is 226 g/mol. The summed E-state index contributed by atoms with van der Waals surface area (Å²) in [7, 11) is 2.14. The largest absolute Gasteiger partial charge is 0.424 e. The molecule has 1 heterocycles. The molecule has 92 valence electrons. The summed E-state index contributed by atoms with van der Waals surface area (Å²) in [6.07, 6.45) is 1.13. The number of aromatic nitrogens is 2. The van der Waals surface area contributed by atoms with Gasteiger partial charge in [0.1, 0.15) is 0 Å². The predicted octanol–water partition coefficient (Wildman–Crippen LogP) is 1.20. The topological polar surface area (TPSA) is 54.2 Å². The maximum absolute atomic E-state index is 5.25. The standard InChI is InChI=1S/C11H22N4O/c1-9(2)15(4)7-5-6-12-8-11-14-13-10(3)16-11/h9,12H,5-8H2,1-4H3. The van der Waals surface area contributed by atoms with Crippen molar-refractivity contribution in [1.82, 2.24) is 20.4 Å². The lowest BCUT2D eigenvalue weighted by atomic mass is 10.3. The van der Waals surface area contributed by atoms with Gasteiger partial charge in [-0.2, -0.15) is 0 Å². The van der Waals surface area contributed by atoms with Gasteiger partial charge in [0, 0.05) is 13.0 Å². The summed E-state index contributed by atoms with van der Waals surface area (Å²) in [5.41, 5.74) is 0.